The Morgan fingerprint density at radius 2 is 2.12 bits per heavy atom. The molecule has 2 aliphatic heterocycles. The van der Waals surface area contributed by atoms with Crippen LogP contribution in [-0.2, 0) is 9.47 Å². The number of nitrogens with one attached hydrogen (secondary N) is 1. The Balaban J connectivity index is 1.37. The van der Waals surface area contributed by atoms with Gasteiger partial charge in [0.1, 0.15) is 5.82 Å². The van der Waals surface area contributed by atoms with Gasteiger partial charge in [0.05, 0.1) is 25.0 Å². The minimum absolute atomic E-state index is 0.160. The third-order valence-corrected chi connectivity index (χ3v) is 4.84. The first-order chi connectivity index (χ1) is 12.8. The first-order valence-electron chi connectivity index (χ1n) is 9.42. The van der Waals surface area contributed by atoms with Crippen molar-refractivity contribution in [3.8, 4) is 0 Å². The molecule has 1 aromatic carbocycles. The molecule has 2 aliphatic rings. The number of hydrogen-bond donors (Lipinski definition) is 1. The van der Waals surface area contributed by atoms with Crippen molar-refractivity contribution >= 4 is 11.6 Å². The highest BCUT2D eigenvalue weighted by atomic mass is 19.1. The fraction of sp³-hybridized carbons (Fsp3) is 0.632. The van der Waals surface area contributed by atoms with E-state index in [0.717, 1.165) is 51.6 Å². The van der Waals surface area contributed by atoms with Gasteiger partial charge in [0.25, 0.3) is 0 Å². The Hall–Kier alpha value is -1.86. The molecule has 26 heavy (non-hydrogen) atoms. The molecule has 2 saturated heterocycles. The molecule has 0 aromatic heterocycles. The van der Waals surface area contributed by atoms with Gasteiger partial charge in [-0.05, 0) is 25.0 Å². The lowest BCUT2D eigenvalue weighted by Gasteiger charge is -2.37. The fourth-order valence-electron chi connectivity index (χ4n) is 3.43. The molecule has 3 rings (SSSR count). The van der Waals surface area contributed by atoms with E-state index >= 15 is 0 Å². The van der Waals surface area contributed by atoms with Crippen molar-refractivity contribution in [2.45, 2.75) is 18.9 Å². The molecule has 1 unspecified atom stereocenters. The SMILES string of the molecule is CN=C(NCCOCC1CCCO1)N1CCN(c2ccccc2F)CC1. The largest absolute Gasteiger partial charge is 0.377 e. The summed E-state index contributed by atoms with van der Waals surface area (Å²) in [5.41, 5.74) is 0.678. The van der Waals surface area contributed by atoms with Crippen molar-refractivity contribution in [3.63, 3.8) is 0 Å². The second-order valence-corrected chi connectivity index (χ2v) is 6.61. The average molecular weight is 364 g/mol. The zero-order chi connectivity index (χ0) is 18.2. The fourth-order valence-corrected chi connectivity index (χ4v) is 3.43. The van der Waals surface area contributed by atoms with Gasteiger partial charge in [-0.2, -0.15) is 0 Å². The van der Waals surface area contributed by atoms with Crippen LogP contribution in [0, 0.1) is 5.82 Å². The third-order valence-electron chi connectivity index (χ3n) is 4.84. The second kappa shape index (κ2) is 9.73. The molecule has 0 aliphatic carbocycles. The number of halogens is 1. The van der Waals surface area contributed by atoms with Crippen molar-refractivity contribution in [1.29, 1.82) is 0 Å². The van der Waals surface area contributed by atoms with E-state index in [1.807, 2.05) is 12.1 Å². The molecule has 0 amide bonds. The molecule has 6 nitrogen and oxygen atoms in total. The predicted octanol–water partition coefficient (Wildman–Crippen LogP) is 1.72. The highest BCUT2D eigenvalue weighted by molar-refractivity contribution is 5.80. The predicted molar refractivity (Wildman–Crippen MR) is 101 cm³/mol. The summed E-state index contributed by atoms with van der Waals surface area (Å²) in [5.74, 6) is 0.714. The number of piperazine rings is 1. The summed E-state index contributed by atoms with van der Waals surface area (Å²) in [6.07, 6.45) is 2.50. The summed E-state index contributed by atoms with van der Waals surface area (Å²) in [4.78, 5) is 8.65. The van der Waals surface area contributed by atoms with Gasteiger partial charge in [-0.1, -0.05) is 12.1 Å². The summed E-state index contributed by atoms with van der Waals surface area (Å²) in [6, 6.07) is 6.95. The number of nitrogens with zero attached hydrogens (tertiary/aromatic N) is 3. The van der Waals surface area contributed by atoms with Gasteiger partial charge in [-0.3, -0.25) is 4.99 Å². The van der Waals surface area contributed by atoms with Crippen LogP contribution in [0.15, 0.2) is 29.3 Å². The molecule has 0 radical (unpaired) electrons. The molecule has 2 fully saturated rings. The van der Waals surface area contributed by atoms with E-state index in [2.05, 4.69) is 20.1 Å². The Morgan fingerprint density at radius 1 is 1.31 bits per heavy atom. The first kappa shape index (κ1) is 18.9. The Labute approximate surface area is 155 Å². The van der Waals surface area contributed by atoms with Crippen LogP contribution >= 0.6 is 0 Å². The van der Waals surface area contributed by atoms with Crippen LogP contribution in [0.5, 0.6) is 0 Å². The lowest BCUT2D eigenvalue weighted by atomic mass is 10.2. The summed E-state index contributed by atoms with van der Waals surface area (Å²) in [6.45, 7) is 6.05. The van der Waals surface area contributed by atoms with E-state index in [1.165, 1.54) is 6.07 Å². The molecule has 2 heterocycles. The maximum atomic E-state index is 13.9. The number of ether oxygens (including phenoxy) is 2. The number of hydrogen-bond acceptors (Lipinski definition) is 4. The van der Waals surface area contributed by atoms with E-state index in [-0.39, 0.29) is 11.9 Å². The van der Waals surface area contributed by atoms with Crippen molar-refractivity contribution in [1.82, 2.24) is 10.2 Å². The third kappa shape index (κ3) is 5.08. The molecule has 0 saturated carbocycles. The molecule has 0 bridgehead atoms. The number of para-hydroxylation sites is 1. The summed E-state index contributed by atoms with van der Waals surface area (Å²) < 4.78 is 25.2. The van der Waals surface area contributed by atoms with Gasteiger partial charge in [0, 0.05) is 46.4 Å². The highest BCUT2D eigenvalue weighted by Crippen LogP contribution is 2.20. The number of aliphatic imine (C=N–C) groups is 1. The molecule has 0 spiro atoms. The zero-order valence-electron chi connectivity index (χ0n) is 15.5. The molecular weight excluding hydrogens is 335 g/mol. The summed E-state index contributed by atoms with van der Waals surface area (Å²) in [7, 11) is 1.79. The first-order valence-corrected chi connectivity index (χ1v) is 9.42. The van der Waals surface area contributed by atoms with Gasteiger partial charge in [-0.25, -0.2) is 4.39 Å². The maximum Gasteiger partial charge on any atom is 0.193 e. The number of anilines is 1. The van der Waals surface area contributed by atoms with E-state index in [9.17, 15) is 4.39 Å². The lowest BCUT2D eigenvalue weighted by molar-refractivity contribution is 0.0190. The minimum atomic E-state index is -0.160. The van der Waals surface area contributed by atoms with Gasteiger partial charge in [0.15, 0.2) is 5.96 Å². The smallest absolute Gasteiger partial charge is 0.193 e. The van der Waals surface area contributed by atoms with Crippen LogP contribution in [0.2, 0.25) is 0 Å². The molecular formula is C19H29FN4O2. The number of guanidine groups is 1. The molecule has 1 aromatic rings. The van der Waals surface area contributed by atoms with Crippen molar-refractivity contribution < 1.29 is 13.9 Å². The van der Waals surface area contributed by atoms with Gasteiger partial charge in [0.2, 0.25) is 0 Å². The van der Waals surface area contributed by atoms with E-state index in [1.54, 1.807) is 13.1 Å². The van der Waals surface area contributed by atoms with Gasteiger partial charge < -0.3 is 24.6 Å². The quantitative estimate of drug-likeness (QED) is 0.473. The standard InChI is InChI=1S/C19H29FN4O2/c1-21-19(22-8-14-25-15-16-5-4-13-26-16)24-11-9-23(10-12-24)18-7-3-2-6-17(18)20/h2-3,6-7,16H,4-5,8-15H2,1H3,(H,21,22). The van der Waals surface area contributed by atoms with Crippen molar-refractivity contribution in [3.05, 3.63) is 30.1 Å². The molecule has 1 N–H and O–H groups in total. The summed E-state index contributed by atoms with van der Waals surface area (Å²) >= 11 is 0. The Morgan fingerprint density at radius 3 is 2.81 bits per heavy atom. The van der Waals surface area contributed by atoms with Crippen molar-refractivity contribution in [2.24, 2.45) is 4.99 Å². The lowest BCUT2D eigenvalue weighted by Crippen LogP contribution is -2.53. The molecule has 1 atom stereocenters. The normalized spacial score (nSPS) is 21.3. The van der Waals surface area contributed by atoms with Crippen molar-refractivity contribution in [2.75, 3.05) is 64.5 Å². The topological polar surface area (TPSA) is 49.3 Å². The highest BCUT2D eigenvalue weighted by Gasteiger charge is 2.21. The molecule has 7 heteroatoms. The molecule has 144 valence electrons. The van der Waals surface area contributed by atoms with E-state index in [4.69, 9.17) is 9.47 Å². The minimum Gasteiger partial charge on any atom is -0.377 e. The van der Waals surface area contributed by atoms with Crippen LogP contribution in [0.25, 0.3) is 0 Å². The van der Waals surface area contributed by atoms with Crippen LogP contribution in [0.3, 0.4) is 0 Å². The van der Waals surface area contributed by atoms with E-state index in [0.29, 0.717) is 25.4 Å². The second-order valence-electron chi connectivity index (χ2n) is 6.61. The van der Waals surface area contributed by atoms with Crippen LogP contribution < -0.4 is 10.2 Å². The number of benzene rings is 1. The summed E-state index contributed by atoms with van der Waals surface area (Å²) in [5, 5.41) is 3.35. The van der Waals surface area contributed by atoms with Gasteiger partial charge >= 0.3 is 0 Å². The monoisotopic (exact) mass is 364 g/mol. The van der Waals surface area contributed by atoms with Crippen LogP contribution in [0.1, 0.15) is 12.8 Å². The van der Waals surface area contributed by atoms with Crippen LogP contribution in [0.4, 0.5) is 10.1 Å². The average Bonchev–Trinajstić information content (AvgIpc) is 3.19. The van der Waals surface area contributed by atoms with E-state index < -0.39 is 0 Å². The zero-order valence-corrected chi connectivity index (χ0v) is 15.5. The van der Waals surface area contributed by atoms with Crippen LogP contribution in [-0.4, -0.2) is 76.6 Å². The Kier molecular flexibility index (Phi) is 7.08. The maximum absolute atomic E-state index is 13.9. The number of rotatable bonds is 6. The van der Waals surface area contributed by atoms with Gasteiger partial charge in [-0.15, -0.1) is 0 Å². The Bertz CT molecular complexity index is 585.